The molecule has 8 heteroatoms. The van der Waals surface area contributed by atoms with Crippen molar-refractivity contribution in [3.05, 3.63) is 53.6 Å². The fourth-order valence-corrected chi connectivity index (χ4v) is 2.06. The van der Waals surface area contributed by atoms with Crippen LogP contribution in [0, 0.1) is 11.8 Å². The van der Waals surface area contributed by atoms with E-state index in [0.29, 0.717) is 0 Å². The lowest BCUT2D eigenvalue weighted by molar-refractivity contribution is -0.137. The smallest absolute Gasteiger partial charge is 0.417 e. The Labute approximate surface area is 139 Å². The van der Waals surface area contributed by atoms with E-state index in [-0.39, 0.29) is 22.4 Å². The first-order valence-corrected chi connectivity index (χ1v) is 6.75. The SMILES string of the molecule is NC(=O)C#Cc1ccc(-c2ccc(OC(F)F)cc2)c(C(F)(F)F)c1. The second-order valence-corrected chi connectivity index (χ2v) is 4.78. The Balaban J connectivity index is 2.47. The number of ether oxygens (including phenoxy) is 1. The van der Waals surface area contributed by atoms with Crippen LogP contribution in [0.3, 0.4) is 0 Å². The summed E-state index contributed by atoms with van der Waals surface area (Å²) in [5.74, 6) is 3.06. The van der Waals surface area contributed by atoms with E-state index in [1.807, 2.05) is 5.92 Å². The highest BCUT2D eigenvalue weighted by Crippen LogP contribution is 2.38. The summed E-state index contributed by atoms with van der Waals surface area (Å²) in [7, 11) is 0. The first kappa shape index (κ1) is 18.3. The zero-order valence-corrected chi connectivity index (χ0v) is 12.4. The van der Waals surface area contributed by atoms with Gasteiger partial charge in [0.1, 0.15) is 5.75 Å². The van der Waals surface area contributed by atoms with Crippen LogP contribution in [-0.4, -0.2) is 12.5 Å². The maximum Gasteiger partial charge on any atom is 0.417 e. The van der Waals surface area contributed by atoms with Gasteiger partial charge in [-0.2, -0.15) is 22.0 Å². The van der Waals surface area contributed by atoms with Gasteiger partial charge in [0.2, 0.25) is 0 Å². The molecule has 0 radical (unpaired) electrons. The first-order chi connectivity index (χ1) is 11.7. The van der Waals surface area contributed by atoms with Crippen LogP contribution in [0.15, 0.2) is 42.5 Å². The number of benzene rings is 2. The van der Waals surface area contributed by atoms with E-state index in [2.05, 4.69) is 10.7 Å². The number of halogens is 5. The highest BCUT2D eigenvalue weighted by molar-refractivity contribution is 5.92. The topological polar surface area (TPSA) is 52.3 Å². The normalized spacial score (nSPS) is 11.0. The lowest BCUT2D eigenvalue weighted by Crippen LogP contribution is -2.08. The Morgan fingerprint density at radius 1 is 1.08 bits per heavy atom. The average Bonchev–Trinajstić information content (AvgIpc) is 2.52. The number of primary amides is 1. The van der Waals surface area contributed by atoms with Gasteiger partial charge in [0, 0.05) is 5.56 Å². The van der Waals surface area contributed by atoms with Crippen LogP contribution in [-0.2, 0) is 11.0 Å². The van der Waals surface area contributed by atoms with Gasteiger partial charge >= 0.3 is 12.8 Å². The quantitative estimate of drug-likeness (QED) is 0.672. The maximum atomic E-state index is 13.3. The number of alkyl halides is 5. The summed E-state index contributed by atoms with van der Waals surface area (Å²) in [4.78, 5) is 10.6. The largest absolute Gasteiger partial charge is 0.435 e. The summed E-state index contributed by atoms with van der Waals surface area (Å²) >= 11 is 0. The minimum absolute atomic E-state index is 0.0347. The van der Waals surface area contributed by atoms with Crippen LogP contribution < -0.4 is 10.5 Å². The van der Waals surface area contributed by atoms with E-state index in [0.717, 1.165) is 18.2 Å². The number of hydrogen-bond donors (Lipinski definition) is 1. The molecule has 0 atom stereocenters. The van der Waals surface area contributed by atoms with Crippen LogP contribution in [0.25, 0.3) is 11.1 Å². The molecule has 2 rings (SSSR count). The molecule has 0 spiro atoms. The molecule has 1 amide bonds. The standard InChI is InChI=1S/C17H10F5NO2/c18-16(19)25-12-5-3-11(4-6-12)13-7-1-10(2-8-15(23)24)9-14(13)17(20,21)22/h1,3-7,9,16H,(H2,23,24). The third kappa shape index (κ3) is 4.94. The van der Waals surface area contributed by atoms with Gasteiger partial charge in [-0.3, -0.25) is 4.79 Å². The molecule has 0 saturated heterocycles. The zero-order chi connectivity index (χ0) is 18.6. The molecule has 2 aromatic rings. The van der Waals surface area contributed by atoms with Crippen molar-refractivity contribution in [1.82, 2.24) is 0 Å². The number of rotatable bonds is 3. The molecule has 0 fully saturated rings. The summed E-state index contributed by atoms with van der Waals surface area (Å²) < 4.78 is 68.3. The second-order valence-electron chi connectivity index (χ2n) is 4.78. The third-order valence-corrected chi connectivity index (χ3v) is 3.05. The molecular formula is C17H10F5NO2. The Kier molecular flexibility index (Phi) is 5.27. The third-order valence-electron chi connectivity index (χ3n) is 3.05. The van der Waals surface area contributed by atoms with Crippen molar-refractivity contribution >= 4 is 5.91 Å². The van der Waals surface area contributed by atoms with Crippen molar-refractivity contribution in [2.75, 3.05) is 0 Å². The Morgan fingerprint density at radius 3 is 2.24 bits per heavy atom. The second kappa shape index (κ2) is 7.21. The number of carbonyl (C=O) groups excluding carboxylic acids is 1. The molecule has 0 aliphatic heterocycles. The molecule has 2 aromatic carbocycles. The van der Waals surface area contributed by atoms with E-state index in [4.69, 9.17) is 5.73 Å². The van der Waals surface area contributed by atoms with E-state index >= 15 is 0 Å². The van der Waals surface area contributed by atoms with Crippen molar-refractivity contribution in [1.29, 1.82) is 0 Å². The minimum atomic E-state index is -4.68. The van der Waals surface area contributed by atoms with E-state index in [1.54, 1.807) is 0 Å². The van der Waals surface area contributed by atoms with Crippen molar-refractivity contribution < 1.29 is 31.5 Å². The van der Waals surface area contributed by atoms with Gasteiger partial charge in [-0.15, -0.1) is 0 Å². The van der Waals surface area contributed by atoms with Crippen LogP contribution in [0.5, 0.6) is 5.75 Å². The molecule has 0 unspecified atom stereocenters. The molecule has 0 aliphatic rings. The fraction of sp³-hybridized carbons (Fsp3) is 0.118. The summed E-state index contributed by atoms with van der Waals surface area (Å²) in [5.41, 5.74) is 3.81. The van der Waals surface area contributed by atoms with Gasteiger partial charge in [0.05, 0.1) is 5.56 Å². The summed E-state index contributed by atoms with van der Waals surface area (Å²) in [6.45, 7) is -3.03. The first-order valence-electron chi connectivity index (χ1n) is 6.75. The van der Waals surface area contributed by atoms with Crippen LogP contribution in [0.2, 0.25) is 0 Å². The van der Waals surface area contributed by atoms with E-state index in [1.165, 1.54) is 24.3 Å². The van der Waals surface area contributed by atoms with Crippen molar-refractivity contribution in [2.45, 2.75) is 12.8 Å². The van der Waals surface area contributed by atoms with Crippen molar-refractivity contribution in [2.24, 2.45) is 5.73 Å². The van der Waals surface area contributed by atoms with Gasteiger partial charge in [0.15, 0.2) is 0 Å². The molecule has 130 valence electrons. The van der Waals surface area contributed by atoms with Gasteiger partial charge < -0.3 is 10.5 Å². The summed E-state index contributed by atoms with van der Waals surface area (Å²) in [5, 5.41) is 0. The highest BCUT2D eigenvalue weighted by atomic mass is 19.4. The number of amides is 1. The Hall–Kier alpha value is -3.08. The highest BCUT2D eigenvalue weighted by Gasteiger charge is 2.33. The van der Waals surface area contributed by atoms with Crippen LogP contribution in [0.1, 0.15) is 11.1 Å². The molecule has 0 bridgehead atoms. The Bertz CT molecular complexity index is 833. The molecule has 0 heterocycles. The average molecular weight is 355 g/mol. The lowest BCUT2D eigenvalue weighted by Gasteiger charge is -2.14. The molecular weight excluding hydrogens is 345 g/mol. The summed E-state index contributed by atoms with van der Waals surface area (Å²) in [6.07, 6.45) is -4.68. The lowest BCUT2D eigenvalue weighted by atomic mass is 9.97. The van der Waals surface area contributed by atoms with Gasteiger partial charge in [0.25, 0.3) is 5.91 Å². The molecule has 0 saturated carbocycles. The van der Waals surface area contributed by atoms with Crippen molar-refractivity contribution in [3.63, 3.8) is 0 Å². The monoisotopic (exact) mass is 355 g/mol. The fourth-order valence-electron chi connectivity index (χ4n) is 2.06. The van der Waals surface area contributed by atoms with Gasteiger partial charge in [-0.1, -0.05) is 24.1 Å². The minimum Gasteiger partial charge on any atom is -0.435 e. The Morgan fingerprint density at radius 2 is 1.72 bits per heavy atom. The maximum absolute atomic E-state index is 13.3. The van der Waals surface area contributed by atoms with Gasteiger partial charge in [-0.25, -0.2) is 0 Å². The number of carbonyl (C=O) groups is 1. The predicted molar refractivity (Wildman–Crippen MR) is 79.6 cm³/mol. The van der Waals surface area contributed by atoms with E-state index in [9.17, 15) is 26.7 Å². The molecule has 0 aliphatic carbocycles. The number of hydrogen-bond acceptors (Lipinski definition) is 2. The molecule has 0 aromatic heterocycles. The number of nitrogens with two attached hydrogens (primary N) is 1. The zero-order valence-electron chi connectivity index (χ0n) is 12.4. The molecule has 3 nitrogen and oxygen atoms in total. The van der Waals surface area contributed by atoms with Crippen molar-refractivity contribution in [3.8, 4) is 28.7 Å². The molecule has 25 heavy (non-hydrogen) atoms. The molecule has 2 N–H and O–H groups in total. The van der Waals surface area contributed by atoms with E-state index < -0.39 is 24.3 Å². The summed E-state index contributed by atoms with van der Waals surface area (Å²) in [6, 6.07) is 8.01. The predicted octanol–water partition coefficient (Wildman–Crippen LogP) is 3.81. The van der Waals surface area contributed by atoms with Crippen LogP contribution >= 0.6 is 0 Å². The van der Waals surface area contributed by atoms with Crippen LogP contribution in [0.4, 0.5) is 22.0 Å². The van der Waals surface area contributed by atoms with Gasteiger partial charge in [-0.05, 0) is 41.3 Å².